The maximum absolute atomic E-state index is 11.7. The fourth-order valence-corrected chi connectivity index (χ4v) is 1.49. The van der Waals surface area contributed by atoms with Gasteiger partial charge in [-0.3, -0.25) is 9.78 Å². The molecular formula is C12H16N2O4. The van der Waals surface area contributed by atoms with Crippen LogP contribution in [0.4, 0.5) is 0 Å². The van der Waals surface area contributed by atoms with Gasteiger partial charge in [0.05, 0.1) is 12.1 Å². The second-order valence-electron chi connectivity index (χ2n) is 3.91. The molecule has 0 aliphatic heterocycles. The lowest BCUT2D eigenvalue weighted by molar-refractivity contribution is -0.142. The third-order valence-electron chi connectivity index (χ3n) is 2.50. The second-order valence-corrected chi connectivity index (χ2v) is 3.91. The molecule has 1 amide bonds. The molecule has 1 aromatic heterocycles. The van der Waals surface area contributed by atoms with E-state index in [-0.39, 0.29) is 19.4 Å². The lowest BCUT2D eigenvalue weighted by Crippen LogP contribution is -2.42. The summed E-state index contributed by atoms with van der Waals surface area (Å²) >= 11 is 0. The second kappa shape index (κ2) is 6.70. The quantitative estimate of drug-likeness (QED) is 0.655. The molecule has 0 aromatic carbocycles. The molecule has 1 heterocycles. The average molecular weight is 252 g/mol. The van der Waals surface area contributed by atoms with Crippen LogP contribution in [-0.2, 0) is 16.0 Å². The van der Waals surface area contributed by atoms with E-state index in [0.717, 1.165) is 5.56 Å². The van der Waals surface area contributed by atoms with Gasteiger partial charge in [-0.25, -0.2) is 4.79 Å². The number of carboxylic acids is 1. The minimum atomic E-state index is -1.16. The van der Waals surface area contributed by atoms with Crippen molar-refractivity contribution in [3.05, 3.63) is 29.6 Å². The standard InChI is InChI=1S/C12H16N2O4/c1-8-3-2-5-13-10(8)7-11(16)14-9(4-6-15)12(17)18/h2-3,5,9,15H,4,6-7H2,1H3,(H,14,16)(H,17,18). The van der Waals surface area contributed by atoms with Gasteiger partial charge in [0.2, 0.25) is 5.91 Å². The van der Waals surface area contributed by atoms with E-state index in [4.69, 9.17) is 10.2 Å². The van der Waals surface area contributed by atoms with E-state index in [9.17, 15) is 9.59 Å². The minimum Gasteiger partial charge on any atom is -0.480 e. The number of carboxylic acid groups (broad SMARTS) is 1. The number of aliphatic hydroxyl groups is 1. The number of rotatable bonds is 6. The highest BCUT2D eigenvalue weighted by atomic mass is 16.4. The number of carbonyl (C=O) groups is 2. The van der Waals surface area contributed by atoms with E-state index in [2.05, 4.69) is 10.3 Å². The van der Waals surface area contributed by atoms with Crippen molar-refractivity contribution in [2.24, 2.45) is 0 Å². The van der Waals surface area contributed by atoms with Gasteiger partial charge in [0.1, 0.15) is 6.04 Å². The summed E-state index contributed by atoms with van der Waals surface area (Å²) in [7, 11) is 0. The Morgan fingerprint density at radius 3 is 2.78 bits per heavy atom. The van der Waals surface area contributed by atoms with Crippen molar-refractivity contribution in [2.45, 2.75) is 25.8 Å². The zero-order valence-electron chi connectivity index (χ0n) is 10.1. The number of amides is 1. The number of pyridine rings is 1. The van der Waals surface area contributed by atoms with Crippen molar-refractivity contribution in [2.75, 3.05) is 6.61 Å². The van der Waals surface area contributed by atoms with E-state index in [1.807, 2.05) is 13.0 Å². The molecule has 6 nitrogen and oxygen atoms in total. The van der Waals surface area contributed by atoms with E-state index >= 15 is 0 Å². The highest BCUT2D eigenvalue weighted by Crippen LogP contribution is 2.04. The highest BCUT2D eigenvalue weighted by molar-refractivity contribution is 5.84. The third-order valence-corrected chi connectivity index (χ3v) is 2.50. The molecule has 0 saturated carbocycles. The molecule has 0 fully saturated rings. The van der Waals surface area contributed by atoms with Crippen LogP contribution in [0.5, 0.6) is 0 Å². The summed E-state index contributed by atoms with van der Waals surface area (Å²) in [5.74, 6) is -1.58. The van der Waals surface area contributed by atoms with E-state index in [1.165, 1.54) is 0 Å². The first kappa shape index (κ1) is 14.1. The normalized spacial score (nSPS) is 11.9. The Balaban J connectivity index is 2.61. The predicted molar refractivity (Wildman–Crippen MR) is 63.9 cm³/mol. The fourth-order valence-electron chi connectivity index (χ4n) is 1.49. The van der Waals surface area contributed by atoms with Crippen molar-refractivity contribution in [3.63, 3.8) is 0 Å². The predicted octanol–water partition coefficient (Wildman–Crippen LogP) is -0.116. The van der Waals surface area contributed by atoms with Crippen molar-refractivity contribution in [1.29, 1.82) is 0 Å². The zero-order valence-corrected chi connectivity index (χ0v) is 10.1. The molecule has 0 spiro atoms. The molecule has 0 saturated heterocycles. The van der Waals surface area contributed by atoms with Crippen molar-refractivity contribution < 1.29 is 19.8 Å². The molecule has 0 bridgehead atoms. The van der Waals surface area contributed by atoms with E-state index in [0.29, 0.717) is 5.69 Å². The van der Waals surface area contributed by atoms with Gasteiger partial charge in [0, 0.05) is 19.2 Å². The van der Waals surface area contributed by atoms with Gasteiger partial charge in [0.15, 0.2) is 0 Å². The SMILES string of the molecule is Cc1cccnc1CC(=O)NC(CCO)C(=O)O. The topological polar surface area (TPSA) is 99.5 Å². The van der Waals surface area contributed by atoms with Crippen LogP contribution in [-0.4, -0.2) is 39.7 Å². The van der Waals surface area contributed by atoms with Crippen LogP contribution in [0.25, 0.3) is 0 Å². The Morgan fingerprint density at radius 1 is 1.50 bits per heavy atom. The lowest BCUT2D eigenvalue weighted by Gasteiger charge is -2.13. The Bertz CT molecular complexity index is 434. The van der Waals surface area contributed by atoms with Gasteiger partial charge in [-0.2, -0.15) is 0 Å². The summed E-state index contributed by atoms with van der Waals surface area (Å²) in [5.41, 5.74) is 1.49. The van der Waals surface area contributed by atoms with Gasteiger partial charge in [0.25, 0.3) is 0 Å². The number of hydrogen-bond donors (Lipinski definition) is 3. The van der Waals surface area contributed by atoms with Crippen LogP contribution in [0.3, 0.4) is 0 Å². The molecule has 0 radical (unpaired) electrons. The minimum absolute atomic E-state index is 0.0116. The largest absolute Gasteiger partial charge is 0.480 e. The van der Waals surface area contributed by atoms with E-state index in [1.54, 1.807) is 12.3 Å². The van der Waals surface area contributed by atoms with Gasteiger partial charge >= 0.3 is 5.97 Å². The first-order chi connectivity index (χ1) is 8.54. The average Bonchev–Trinajstić information content (AvgIpc) is 2.31. The summed E-state index contributed by atoms with van der Waals surface area (Å²) in [6, 6.07) is 2.53. The summed E-state index contributed by atoms with van der Waals surface area (Å²) in [6.45, 7) is 1.54. The number of nitrogens with one attached hydrogen (secondary N) is 1. The number of hydrogen-bond acceptors (Lipinski definition) is 4. The molecule has 3 N–H and O–H groups in total. The monoisotopic (exact) mass is 252 g/mol. The number of carbonyl (C=O) groups excluding carboxylic acids is 1. The highest BCUT2D eigenvalue weighted by Gasteiger charge is 2.19. The van der Waals surface area contributed by atoms with Gasteiger partial charge in [-0.15, -0.1) is 0 Å². The Morgan fingerprint density at radius 2 is 2.22 bits per heavy atom. The lowest BCUT2D eigenvalue weighted by atomic mass is 10.1. The molecule has 0 aliphatic rings. The maximum atomic E-state index is 11.7. The van der Waals surface area contributed by atoms with Gasteiger partial charge < -0.3 is 15.5 Å². The maximum Gasteiger partial charge on any atom is 0.326 e. The van der Waals surface area contributed by atoms with Crippen LogP contribution >= 0.6 is 0 Å². The number of nitrogens with zero attached hydrogens (tertiary/aromatic N) is 1. The first-order valence-electron chi connectivity index (χ1n) is 5.58. The van der Waals surface area contributed by atoms with Crippen molar-refractivity contribution >= 4 is 11.9 Å². The molecular weight excluding hydrogens is 236 g/mol. The zero-order chi connectivity index (χ0) is 13.5. The fraction of sp³-hybridized carbons (Fsp3) is 0.417. The van der Waals surface area contributed by atoms with Gasteiger partial charge in [-0.1, -0.05) is 6.07 Å². The third kappa shape index (κ3) is 4.14. The van der Waals surface area contributed by atoms with Crippen LogP contribution in [0.2, 0.25) is 0 Å². The Kier molecular flexibility index (Phi) is 5.26. The first-order valence-corrected chi connectivity index (χ1v) is 5.58. The van der Waals surface area contributed by atoms with Crippen LogP contribution in [0, 0.1) is 6.92 Å². The number of aliphatic hydroxyl groups excluding tert-OH is 1. The molecule has 18 heavy (non-hydrogen) atoms. The van der Waals surface area contributed by atoms with Crippen molar-refractivity contribution in [1.82, 2.24) is 10.3 Å². The summed E-state index contributed by atoms with van der Waals surface area (Å²) < 4.78 is 0. The molecule has 1 rings (SSSR count). The van der Waals surface area contributed by atoms with Crippen LogP contribution < -0.4 is 5.32 Å². The number of aromatic nitrogens is 1. The number of aliphatic carboxylic acids is 1. The molecule has 1 unspecified atom stereocenters. The van der Waals surface area contributed by atoms with Gasteiger partial charge in [-0.05, 0) is 18.6 Å². The summed E-state index contributed by atoms with van der Waals surface area (Å²) in [6.07, 6.45) is 1.60. The Hall–Kier alpha value is -1.95. The number of aryl methyl sites for hydroxylation is 1. The smallest absolute Gasteiger partial charge is 0.326 e. The molecule has 98 valence electrons. The molecule has 0 aliphatic carbocycles. The summed E-state index contributed by atoms with van der Waals surface area (Å²) in [4.78, 5) is 26.5. The van der Waals surface area contributed by atoms with Crippen LogP contribution in [0.1, 0.15) is 17.7 Å². The van der Waals surface area contributed by atoms with E-state index < -0.39 is 17.9 Å². The molecule has 1 aromatic rings. The Labute approximate surface area is 105 Å². The van der Waals surface area contributed by atoms with Crippen molar-refractivity contribution in [3.8, 4) is 0 Å². The molecule has 6 heteroatoms. The summed E-state index contributed by atoms with van der Waals surface area (Å²) in [5, 5.41) is 19.9. The van der Waals surface area contributed by atoms with Crippen LogP contribution in [0.15, 0.2) is 18.3 Å². The molecule has 1 atom stereocenters.